The van der Waals surface area contributed by atoms with E-state index in [0.717, 1.165) is 12.2 Å². The number of amides is 2. The molecule has 10 heteroatoms. The molecular formula is C24H26F3N5O2. The zero-order valence-corrected chi connectivity index (χ0v) is 19.1. The van der Waals surface area contributed by atoms with E-state index in [9.17, 15) is 22.8 Å². The highest BCUT2D eigenvalue weighted by atomic mass is 19.4. The van der Waals surface area contributed by atoms with Gasteiger partial charge in [0.25, 0.3) is 0 Å². The number of likely N-dealkylation sites (N-methyl/N-ethyl adjacent to an activating group) is 1. The molecule has 2 aliphatic rings. The SMILES string of the molecule is CN(C)CCNC(=O)C1c2c(cnn2C)C2C=C(C(F)(F)F)C=CC2C(=O)N1c1ccccc1. The fourth-order valence-electron chi connectivity index (χ4n) is 4.46. The number of para-hydroxylation sites is 1. The Morgan fingerprint density at radius 2 is 1.88 bits per heavy atom. The summed E-state index contributed by atoms with van der Waals surface area (Å²) in [6.45, 7) is 0.929. The van der Waals surface area contributed by atoms with Gasteiger partial charge in [-0.15, -0.1) is 0 Å². The maximum atomic E-state index is 13.9. The number of allylic oxidation sites excluding steroid dienone is 3. The number of halogens is 3. The Labute approximate surface area is 195 Å². The lowest BCUT2D eigenvalue weighted by Crippen LogP contribution is -2.47. The van der Waals surface area contributed by atoms with E-state index in [1.165, 1.54) is 21.9 Å². The zero-order chi connectivity index (χ0) is 24.6. The standard InChI is InChI=1S/C24H26F3N5O2/c1-30(2)12-11-28-22(33)21-20-19(14-29-31(20)3)18-13-15(24(25,26)27)9-10-17(18)23(34)32(21)16-7-5-4-6-8-16/h4-10,13-14,17-18,21H,11-12H2,1-3H3,(H,28,33). The minimum Gasteiger partial charge on any atom is -0.353 e. The highest BCUT2D eigenvalue weighted by molar-refractivity contribution is 6.04. The molecule has 1 N–H and O–H groups in total. The number of hydrogen-bond donors (Lipinski definition) is 1. The number of aromatic nitrogens is 2. The van der Waals surface area contributed by atoms with Gasteiger partial charge < -0.3 is 10.2 Å². The van der Waals surface area contributed by atoms with Crippen molar-refractivity contribution in [2.45, 2.75) is 18.1 Å². The normalized spacial score (nSPS) is 22.2. The van der Waals surface area contributed by atoms with Gasteiger partial charge in [0.15, 0.2) is 6.04 Å². The third-order valence-corrected chi connectivity index (χ3v) is 6.11. The molecule has 0 saturated heterocycles. The lowest BCUT2D eigenvalue weighted by molar-refractivity contribution is -0.127. The van der Waals surface area contributed by atoms with Gasteiger partial charge in [-0.3, -0.25) is 19.2 Å². The molecule has 2 amide bonds. The predicted octanol–water partition coefficient (Wildman–Crippen LogP) is 2.94. The molecule has 0 saturated carbocycles. The maximum absolute atomic E-state index is 13.9. The number of aryl methyl sites for hydroxylation is 1. The predicted molar refractivity (Wildman–Crippen MR) is 121 cm³/mol. The Morgan fingerprint density at radius 3 is 2.53 bits per heavy atom. The molecule has 0 radical (unpaired) electrons. The quantitative estimate of drug-likeness (QED) is 0.725. The molecule has 1 aliphatic heterocycles. The van der Waals surface area contributed by atoms with Crippen molar-refractivity contribution in [1.29, 1.82) is 0 Å². The lowest BCUT2D eigenvalue weighted by Gasteiger charge is -2.32. The van der Waals surface area contributed by atoms with Crippen molar-refractivity contribution in [2.75, 3.05) is 32.1 Å². The van der Waals surface area contributed by atoms with Gasteiger partial charge in [0, 0.05) is 37.3 Å². The Bertz CT molecular complexity index is 1140. The van der Waals surface area contributed by atoms with Gasteiger partial charge in [0.05, 0.1) is 23.4 Å². The van der Waals surface area contributed by atoms with Crippen LogP contribution in [0.4, 0.5) is 18.9 Å². The summed E-state index contributed by atoms with van der Waals surface area (Å²) in [5.41, 5.74) is 0.474. The van der Waals surface area contributed by atoms with Gasteiger partial charge in [-0.25, -0.2) is 0 Å². The van der Waals surface area contributed by atoms with Gasteiger partial charge in [0.2, 0.25) is 11.8 Å². The summed E-state index contributed by atoms with van der Waals surface area (Å²) in [5, 5.41) is 7.14. The molecule has 1 aromatic carbocycles. The molecule has 0 fully saturated rings. The van der Waals surface area contributed by atoms with Crippen LogP contribution in [0.25, 0.3) is 0 Å². The first-order valence-electron chi connectivity index (χ1n) is 10.9. The minimum atomic E-state index is -4.55. The molecule has 2 heterocycles. The number of rotatable bonds is 5. The molecule has 1 aromatic heterocycles. The average molecular weight is 473 g/mol. The van der Waals surface area contributed by atoms with Crippen LogP contribution in [0.3, 0.4) is 0 Å². The molecule has 180 valence electrons. The average Bonchev–Trinajstić information content (AvgIpc) is 3.11. The van der Waals surface area contributed by atoms with Crippen LogP contribution in [0, 0.1) is 5.92 Å². The molecule has 7 nitrogen and oxygen atoms in total. The van der Waals surface area contributed by atoms with Crippen molar-refractivity contribution < 1.29 is 22.8 Å². The Hall–Kier alpha value is -3.40. The molecule has 0 spiro atoms. The summed E-state index contributed by atoms with van der Waals surface area (Å²) in [5.74, 6) is -2.68. The number of anilines is 1. The van der Waals surface area contributed by atoms with E-state index in [0.29, 0.717) is 30.0 Å². The summed E-state index contributed by atoms with van der Waals surface area (Å²) < 4.78 is 42.1. The number of nitrogens with zero attached hydrogens (tertiary/aromatic N) is 4. The van der Waals surface area contributed by atoms with Gasteiger partial charge in [-0.1, -0.05) is 36.4 Å². The minimum absolute atomic E-state index is 0.344. The van der Waals surface area contributed by atoms with Gasteiger partial charge >= 0.3 is 6.18 Å². The molecule has 2 aromatic rings. The molecule has 3 unspecified atom stereocenters. The smallest absolute Gasteiger partial charge is 0.353 e. The number of hydrogen-bond acceptors (Lipinski definition) is 4. The van der Waals surface area contributed by atoms with Crippen LogP contribution >= 0.6 is 0 Å². The molecule has 0 bridgehead atoms. The van der Waals surface area contributed by atoms with E-state index in [2.05, 4.69) is 10.4 Å². The van der Waals surface area contributed by atoms with Gasteiger partial charge in [-0.05, 0) is 26.2 Å². The molecule has 3 atom stereocenters. The molecule has 4 rings (SSSR count). The van der Waals surface area contributed by atoms with E-state index in [4.69, 9.17) is 0 Å². The van der Waals surface area contributed by atoms with Crippen LogP contribution in [-0.4, -0.2) is 59.9 Å². The van der Waals surface area contributed by atoms with Crippen molar-refractivity contribution in [2.24, 2.45) is 13.0 Å². The summed E-state index contributed by atoms with van der Waals surface area (Å²) in [6, 6.07) is 7.59. The third-order valence-electron chi connectivity index (χ3n) is 6.11. The fourth-order valence-corrected chi connectivity index (χ4v) is 4.46. The first-order chi connectivity index (χ1) is 16.1. The number of benzene rings is 1. The molecular weight excluding hydrogens is 447 g/mol. The number of alkyl halides is 3. The van der Waals surface area contributed by atoms with Crippen molar-refractivity contribution in [3.05, 3.63) is 71.6 Å². The van der Waals surface area contributed by atoms with Gasteiger partial charge in [0.1, 0.15) is 0 Å². The highest BCUT2D eigenvalue weighted by Crippen LogP contribution is 2.45. The van der Waals surface area contributed by atoms with Crippen molar-refractivity contribution in [1.82, 2.24) is 20.0 Å². The van der Waals surface area contributed by atoms with Crippen LogP contribution < -0.4 is 10.2 Å². The van der Waals surface area contributed by atoms with Crippen LogP contribution in [0.15, 0.2) is 60.3 Å². The first-order valence-corrected chi connectivity index (χ1v) is 10.9. The number of carbonyl (C=O) groups excluding carboxylic acids is 2. The topological polar surface area (TPSA) is 70.5 Å². The third kappa shape index (κ3) is 4.37. The second-order valence-corrected chi connectivity index (χ2v) is 8.68. The first kappa shape index (κ1) is 23.7. The van der Waals surface area contributed by atoms with Gasteiger partial charge in [-0.2, -0.15) is 18.3 Å². The summed E-state index contributed by atoms with van der Waals surface area (Å²) >= 11 is 0. The summed E-state index contributed by atoms with van der Waals surface area (Å²) in [6.07, 6.45) is 0.197. The van der Waals surface area contributed by atoms with E-state index in [-0.39, 0.29) is 0 Å². The Balaban J connectivity index is 1.87. The van der Waals surface area contributed by atoms with E-state index in [1.54, 1.807) is 37.4 Å². The monoisotopic (exact) mass is 473 g/mol. The highest BCUT2D eigenvalue weighted by Gasteiger charge is 2.47. The number of nitrogens with one attached hydrogen (secondary N) is 1. The second-order valence-electron chi connectivity index (χ2n) is 8.68. The van der Waals surface area contributed by atoms with Crippen molar-refractivity contribution in [3.63, 3.8) is 0 Å². The number of carbonyl (C=O) groups is 2. The van der Waals surface area contributed by atoms with Crippen LogP contribution in [0.1, 0.15) is 23.2 Å². The number of fused-ring (bicyclic) bond motifs is 3. The Morgan fingerprint density at radius 1 is 1.18 bits per heavy atom. The zero-order valence-electron chi connectivity index (χ0n) is 19.1. The van der Waals surface area contributed by atoms with Crippen molar-refractivity contribution in [3.8, 4) is 0 Å². The second kappa shape index (κ2) is 9.09. The van der Waals surface area contributed by atoms with E-state index in [1.807, 2.05) is 19.0 Å². The Kier molecular flexibility index (Phi) is 6.35. The van der Waals surface area contributed by atoms with Crippen molar-refractivity contribution >= 4 is 17.5 Å². The van der Waals surface area contributed by atoms with Crippen LogP contribution in [0.5, 0.6) is 0 Å². The largest absolute Gasteiger partial charge is 0.416 e. The van der Waals surface area contributed by atoms with E-state index >= 15 is 0 Å². The lowest BCUT2D eigenvalue weighted by atomic mass is 9.81. The fraction of sp³-hybridized carbons (Fsp3) is 0.375. The van der Waals surface area contributed by atoms with Crippen LogP contribution in [-0.2, 0) is 16.6 Å². The van der Waals surface area contributed by atoms with Crippen LogP contribution in [0.2, 0.25) is 0 Å². The van der Waals surface area contributed by atoms with E-state index < -0.39 is 41.4 Å². The summed E-state index contributed by atoms with van der Waals surface area (Å²) in [4.78, 5) is 30.7. The summed E-state index contributed by atoms with van der Waals surface area (Å²) in [7, 11) is 5.37. The molecule has 34 heavy (non-hydrogen) atoms. The molecule has 1 aliphatic carbocycles. The maximum Gasteiger partial charge on any atom is 0.416 e.